The van der Waals surface area contributed by atoms with Crippen LogP contribution < -0.4 is 5.32 Å². The molecule has 0 atom stereocenters. The number of anilines is 1. The minimum Gasteiger partial charge on any atom is -0.507 e. The Kier molecular flexibility index (Phi) is 3.58. The molecule has 1 heterocycles. The summed E-state index contributed by atoms with van der Waals surface area (Å²) in [5, 5.41) is 33.1. The van der Waals surface area contributed by atoms with Gasteiger partial charge < -0.3 is 15.5 Å². The predicted octanol–water partition coefficient (Wildman–Crippen LogP) is 3.47. The number of hydrogen-bond acceptors (Lipinski definition) is 5. The Hall–Kier alpha value is -2.73. The number of nitrogens with zero attached hydrogens (tertiary/aromatic N) is 2. The van der Waals surface area contributed by atoms with Crippen LogP contribution in [0, 0.1) is 5.82 Å². The first kappa shape index (κ1) is 15.8. The summed E-state index contributed by atoms with van der Waals surface area (Å²) in [5.74, 6) is -0.124. The van der Waals surface area contributed by atoms with Gasteiger partial charge in [-0.3, -0.25) is 0 Å². The molecule has 5 nitrogen and oxygen atoms in total. The van der Waals surface area contributed by atoms with Crippen LogP contribution in [-0.2, 0) is 0 Å². The highest BCUT2D eigenvalue weighted by Gasteiger charge is 2.38. The molecule has 0 aliphatic heterocycles. The summed E-state index contributed by atoms with van der Waals surface area (Å²) in [6.07, 6.45) is 1.28. The number of aromatic hydroxyl groups is 1. The van der Waals surface area contributed by atoms with E-state index in [-0.39, 0.29) is 17.4 Å². The molecule has 0 bridgehead atoms. The van der Waals surface area contributed by atoms with Gasteiger partial charge in [-0.25, -0.2) is 4.39 Å². The zero-order valence-corrected chi connectivity index (χ0v) is 13.7. The Bertz CT molecular complexity index is 930. The lowest BCUT2D eigenvalue weighted by Crippen LogP contribution is -2.48. The van der Waals surface area contributed by atoms with E-state index in [0.717, 1.165) is 5.39 Å². The van der Waals surface area contributed by atoms with Crippen molar-refractivity contribution in [3.63, 3.8) is 0 Å². The van der Waals surface area contributed by atoms with E-state index in [9.17, 15) is 14.6 Å². The summed E-state index contributed by atoms with van der Waals surface area (Å²) >= 11 is 0. The van der Waals surface area contributed by atoms with Crippen LogP contribution in [0.5, 0.6) is 5.75 Å². The molecule has 128 valence electrons. The van der Waals surface area contributed by atoms with Gasteiger partial charge in [-0.05, 0) is 31.9 Å². The van der Waals surface area contributed by atoms with Gasteiger partial charge in [-0.1, -0.05) is 30.3 Å². The second-order valence-corrected chi connectivity index (χ2v) is 6.82. The zero-order chi connectivity index (χ0) is 17.6. The van der Waals surface area contributed by atoms with Crippen molar-refractivity contribution in [3.05, 3.63) is 48.3 Å². The Morgan fingerprint density at radius 3 is 2.48 bits per heavy atom. The minimum absolute atomic E-state index is 0.0457. The standard InChI is InChI=1S/C19H18FN3O2/c1-19(25)9-11(10-19)21-18-13-6-3-2-5-12(13)17(22-23-18)16-14(20)7-4-8-15(16)24/h2-8,11,24-25H,9-10H2,1H3,(H,21,23). The molecule has 4 rings (SSSR count). The highest BCUT2D eigenvalue weighted by atomic mass is 19.1. The molecule has 0 amide bonds. The molecule has 0 spiro atoms. The molecule has 3 N–H and O–H groups in total. The summed E-state index contributed by atoms with van der Waals surface area (Å²) in [6.45, 7) is 1.80. The third-order valence-corrected chi connectivity index (χ3v) is 4.63. The van der Waals surface area contributed by atoms with Gasteiger partial charge in [0.25, 0.3) is 0 Å². The zero-order valence-electron chi connectivity index (χ0n) is 13.7. The van der Waals surface area contributed by atoms with Gasteiger partial charge in [0.2, 0.25) is 0 Å². The van der Waals surface area contributed by atoms with Gasteiger partial charge in [0.1, 0.15) is 17.3 Å². The molecular formula is C19H18FN3O2. The fraction of sp³-hybridized carbons (Fsp3) is 0.263. The SMILES string of the molecule is CC1(O)CC(Nc2nnc(-c3c(O)cccc3F)c3ccccc23)C1. The molecular weight excluding hydrogens is 321 g/mol. The minimum atomic E-state index is -0.639. The number of phenols is 1. The molecule has 3 aromatic rings. The van der Waals surface area contributed by atoms with E-state index in [0.29, 0.717) is 29.7 Å². The number of benzene rings is 2. The molecule has 1 saturated carbocycles. The second kappa shape index (κ2) is 5.67. The number of hydrogen-bond donors (Lipinski definition) is 3. The third kappa shape index (κ3) is 2.78. The number of fused-ring (bicyclic) bond motifs is 1. The number of nitrogens with one attached hydrogen (secondary N) is 1. The van der Waals surface area contributed by atoms with Gasteiger partial charge in [0.05, 0.1) is 11.2 Å². The second-order valence-electron chi connectivity index (χ2n) is 6.82. The largest absolute Gasteiger partial charge is 0.507 e. The van der Waals surface area contributed by atoms with Crippen molar-refractivity contribution >= 4 is 16.6 Å². The molecule has 1 aromatic heterocycles. The Balaban J connectivity index is 1.80. The lowest BCUT2D eigenvalue weighted by Gasteiger charge is -2.41. The first-order valence-corrected chi connectivity index (χ1v) is 8.17. The van der Waals surface area contributed by atoms with Crippen LogP contribution in [-0.4, -0.2) is 32.1 Å². The first-order chi connectivity index (χ1) is 11.9. The molecule has 1 aliphatic rings. The number of phenolic OH excluding ortho intramolecular Hbond substituents is 1. The van der Waals surface area contributed by atoms with Crippen molar-refractivity contribution in [3.8, 4) is 17.0 Å². The van der Waals surface area contributed by atoms with Crippen LogP contribution in [0.3, 0.4) is 0 Å². The number of rotatable bonds is 3. The van der Waals surface area contributed by atoms with Crippen LogP contribution >= 0.6 is 0 Å². The maximum Gasteiger partial charge on any atom is 0.156 e. The Labute approximate surface area is 144 Å². The number of aliphatic hydroxyl groups is 1. The van der Waals surface area contributed by atoms with E-state index in [2.05, 4.69) is 15.5 Å². The van der Waals surface area contributed by atoms with E-state index in [1.807, 2.05) is 24.3 Å². The Morgan fingerprint density at radius 2 is 1.80 bits per heavy atom. The lowest BCUT2D eigenvalue weighted by atomic mass is 9.77. The van der Waals surface area contributed by atoms with E-state index in [4.69, 9.17) is 0 Å². The maximum absolute atomic E-state index is 14.3. The first-order valence-electron chi connectivity index (χ1n) is 8.17. The van der Waals surface area contributed by atoms with Crippen LogP contribution in [0.15, 0.2) is 42.5 Å². The average Bonchev–Trinajstić information content (AvgIpc) is 2.54. The molecule has 0 radical (unpaired) electrons. The number of aromatic nitrogens is 2. The summed E-state index contributed by atoms with van der Waals surface area (Å²) in [7, 11) is 0. The van der Waals surface area contributed by atoms with Gasteiger partial charge in [-0.15, -0.1) is 10.2 Å². The number of halogens is 1. The average molecular weight is 339 g/mol. The molecule has 1 aliphatic carbocycles. The van der Waals surface area contributed by atoms with Crippen LogP contribution in [0.1, 0.15) is 19.8 Å². The van der Waals surface area contributed by atoms with Gasteiger partial charge in [0.15, 0.2) is 5.82 Å². The Morgan fingerprint density at radius 1 is 1.08 bits per heavy atom. The van der Waals surface area contributed by atoms with Crippen molar-refractivity contribution in [1.29, 1.82) is 0 Å². The van der Waals surface area contributed by atoms with Crippen molar-refractivity contribution < 1.29 is 14.6 Å². The molecule has 6 heteroatoms. The highest BCUT2D eigenvalue weighted by Crippen LogP contribution is 2.38. The highest BCUT2D eigenvalue weighted by molar-refractivity contribution is 6.01. The molecule has 25 heavy (non-hydrogen) atoms. The molecule has 0 unspecified atom stereocenters. The molecule has 1 fully saturated rings. The van der Waals surface area contributed by atoms with Gasteiger partial charge >= 0.3 is 0 Å². The van der Waals surface area contributed by atoms with Crippen LogP contribution in [0.25, 0.3) is 22.0 Å². The van der Waals surface area contributed by atoms with Crippen molar-refractivity contribution in [1.82, 2.24) is 10.2 Å². The fourth-order valence-electron chi connectivity index (χ4n) is 3.44. The summed E-state index contributed by atoms with van der Waals surface area (Å²) in [6, 6.07) is 11.7. The van der Waals surface area contributed by atoms with E-state index < -0.39 is 11.4 Å². The van der Waals surface area contributed by atoms with E-state index in [1.165, 1.54) is 18.2 Å². The van der Waals surface area contributed by atoms with E-state index >= 15 is 0 Å². The molecule has 0 saturated heterocycles. The monoisotopic (exact) mass is 339 g/mol. The lowest BCUT2D eigenvalue weighted by molar-refractivity contribution is -0.0235. The van der Waals surface area contributed by atoms with Crippen molar-refractivity contribution in [2.45, 2.75) is 31.4 Å². The summed E-state index contributed by atoms with van der Waals surface area (Å²) < 4.78 is 14.3. The van der Waals surface area contributed by atoms with Crippen molar-refractivity contribution in [2.24, 2.45) is 0 Å². The van der Waals surface area contributed by atoms with Crippen LogP contribution in [0.2, 0.25) is 0 Å². The smallest absolute Gasteiger partial charge is 0.156 e. The van der Waals surface area contributed by atoms with Crippen molar-refractivity contribution in [2.75, 3.05) is 5.32 Å². The fourth-order valence-corrected chi connectivity index (χ4v) is 3.44. The van der Waals surface area contributed by atoms with Gasteiger partial charge in [0, 0.05) is 16.8 Å². The summed E-state index contributed by atoms with van der Waals surface area (Å²) in [5.41, 5.74) is -0.290. The third-order valence-electron chi connectivity index (χ3n) is 4.63. The topological polar surface area (TPSA) is 78.3 Å². The summed E-state index contributed by atoms with van der Waals surface area (Å²) in [4.78, 5) is 0. The predicted molar refractivity (Wildman–Crippen MR) is 93.9 cm³/mol. The van der Waals surface area contributed by atoms with Crippen LogP contribution in [0.4, 0.5) is 10.2 Å². The molecule has 2 aromatic carbocycles. The quantitative estimate of drug-likeness (QED) is 0.681. The van der Waals surface area contributed by atoms with E-state index in [1.54, 1.807) is 6.92 Å². The maximum atomic E-state index is 14.3. The van der Waals surface area contributed by atoms with Gasteiger partial charge in [-0.2, -0.15) is 0 Å². The normalized spacial score (nSPS) is 22.6.